The van der Waals surface area contributed by atoms with Gasteiger partial charge in [-0.05, 0) is 25.1 Å². The number of benzene rings is 1. The molecule has 0 saturated carbocycles. The van der Waals surface area contributed by atoms with E-state index < -0.39 is 29.1 Å². The summed E-state index contributed by atoms with van der Waals surface area (Å²) in [7, 11) is 3.38. The zero-order valence-corrected chi connectivity index (χ0v) is 15.0. The molecule has 0 unspecified atom stereocenters. The quantitative estimate of drug-likeness (QED) is 0.776. The fourth-order valence-electron chi connectivity index (χ4n) is 2.07. The van der Waals surface area contributed by atoms with Crippen LogP contribution in [0.25, 0.3) is 0 Å². The van der Waals surface area contributed by atoms with Gasteiger partial charge in [0.15, 0.2) is 0 Å². The maximum atomic E-state index is 13.7. The van der Waals surface area contributed by atoms with Gasteiger partial charge in [0.25, 0.3) is 5.91 Å². The number of rotatable bonds is 7. The Kier molecular flexibility index (Phi) is 9.47. The molecule has 0 bridgehead atoms. The normalized spacial score (nSPS) is 11.6. The fraction of sp³-hybridized carbons (Fsp3) is 0.500. The van der Waals surface area contributed by atoms with E-state index in [1.807, 2.05) is 0 Å². The Labute approximate surface area is 147 Å². The summed E-state index contributed by atoms with van der Waals surface area (Å²) in [5, 5.41) is 5.36. The Hall–Kier alpha value is -1.73. The first kappa shape index (κ1) is 22.3. The summed E-state index contributed by atoms with van der Waals surface area (Å²) >= 11 is 0. The van der Waals surface area contributed by atoms with Crippen LogP contribution in [-0.4, -0.2) is 49.9 Å². The highest BCUT2D eigenvalue weighted by atomic mass is 35.5. The molecule has 1 atom stereocenters. The third-order valence-electron chi connectivity index (χ3n) is 3.48. The second kappa shape index (κ2) is 10.2. The van der Waals surface area contributed by atoms with Crippen molar-refractivity contribution < 1.29 is 18.4 Å². The smallest absolute Gasteiger partial charge is 0.257 e. The fourth-order valence-corrected chi connectivity index (χ4v) is 2.07. The van der Waals surface area contributed by atoms with E-state index in [9.17, 15) is 18.4 Å². The summed E-state index contributed by atoms with van der Waals surface area (Å²) < 4.78 is 27.3. The molecule has 0 saturated heterocycles. The van der Waals surface area contributed by atoms with Crippen LogP contribution in [-0.2, 0) is 4.79 Å². The number of amides is 2. The van der Waals surface area contributed by atoms with Crippen LogP contribution in [0.1, 0.15) is 24.2 Å². The van der Waals surface area contributed by atoms with E-state index >= 15 is 0 Å². The van der Waals surface area contributed by atoms with Gasteiger partial charge in [0, 0.05) is 20.1 Å². The zero-order chi connectivity index (χ0) is 17.6. The van der Waals surface area contributed by atoms with Gasteiger partial charge in [-0.3, -0.25) is 9.59 Å². The van der Waals surface area contributed by atoms with Gasteiger partial charge in [-0.2, -0.15) is 0 Å². The Balaban J connectivity index is 0.00000529. The second-order valence-corrected chi connectivity index (χ2v) is 5.66. The van der Waals surface area contributed by atoms with E-state index in [1.54, 1.807) is 27.9 Å². The van der Waals surface area contributed by atoms with E-state index in [2.05, 4.69) is 10.6 Å². The lowest BCUT2D eigenvalue weighted by Gasteiger charge is -2.27. The van der Waals surface area contributed by atoms with Crippen molar-refractivity contribution in [3.63, 3.8) is 0 Å². The molecule has 0 radical (unpaired) electrons. The topological polar surface area (TPSA) is 61.4 Å². The van der Waals surface area contributed by atoms with Gasteiger partial charge in [0.2, 0.25) is 5.91 Å². The molecule has 24 heavy (non-hydrogen) atoms. The molecule has 136 valence electrons. The van der Waals surface area contributed by atoms with Crippen molar-refractivity contribution in [2.24, 2.45) is 5.92 Å². The lowest BCUT2D eigenvalue weighted by molar-refractivity contribution is -0.132. The van der Waals surface area contributed by atoms with Crippen LogP contribution in [0, 0.1) is 17.6 Å². The van der Waals surface area contributed by atoms with Crippen LogP contribution in [0.2, 0.25) is 0 Å². The van der Waals surface area contributed by atoms with Gasteiger partial charge in [-0.1, -0.05) is 19.9 Å². The van der Waals surface area contributed by atoms with Crippen LogP contribution >= 0.6 is 12.4 Å². The number of halogens is 3. The maximum absolute atomic E-state index is 13.7. The summed E-state index contributed by atoms with van der Waals surface area (Å²) in [6.45, 7) is 4.57. The molecule has 0 spiro atoms. The van der Waals surface area contributed by atoms with Gasteiger partial charge in [-0.25, -0.2) is 8.78 Å². The summed E-state index contributed by atoms with van der Waals surface area (Å²) in [5.41, 5.74) is -0.677. The minimum atomic E-state index is -0.957. The summed E-state index contributed by atoms with van der Waals surface area (Å²) in [5.74, 6) is -3.38. The lowest BCUT2D eigenvalue weighted by Crippen LogP contribution is -2.51. The van der Waals surface area contributed by atoms with Crippen LogP contribution in [0.5, 0.6) is 0 Å². The highest BCUT2D eigenvalue weighted by Crippen LogP contribution is 2.13. The molecule has 0 aliphatic carbocycles. The molecule has 0 fully saturated rings. The van der Waals surface area contributed by atoms with Crippen molar-refractivity contribution >= 4 is 24.2 Å². The molecule has 8 heteroatoms. The highest BCUT2D eigenvalue weighted by Gasteiger charge is 2.29. The Morgan fingerprint density at radius 2 is 1.75 bits per heavy atom. The average Bonchev–Trinajstić information content (AvgIpc) is 2.49. The first-order chi connectivity index (χ1) is 10.8. The summed E-state index contributed by atoms with van der Waals surface area (Å²) in [4.78, 5) is 26.1. The molecule has 0 aromatic heterocycles. The molecular weight excluding hydrogens is 340 g/mol. The maximum Gasteiger partial charge on any atom is 0.257 e. The molecule has 2 N–H and O–H groups in total. The number of hydrogen-bond acceptors (Lipinski definition) is 3. The van der Waals surface area contributed by atoms with Crippen molar-refractivity contribution in [3.8, 4) is 0 Å². The SMILES string of the molecule is CNCCN(C)C(=O)[C@@H](NC(=O)c1c(F)cccc1F)C(C)C.Cl. The lowest BCUT2D eigenvalue weighted by atomic mass is 10.0. The predicted octanol–water partition coefficient (Wildman–Crippen LogP) is 1.82. The van der Waals surface area contributed by atoms with Crippen molar-refractivity contribution in [3.05, 3.63) is 35.4 Å². The molecular formula is C16H24ClF2N3O2. The standard InChI is InChI=1S/C16H23F2N3O2.ClH/c1-10(2)14(16(23)21(4)9-8-19-3)20-15(22)13-11(17)6-5-7-12(13)18;/h5-7,10,14,19H,8-9H2,1-4H3,(H,20,22);1H/t14-;/m0./s1. The Bertz CT molecular complexity index is 550. The predicted molar refractivity (Wildman–Crippen MR) is 91.3 cm³/mol. The van der Waals surface area contributed by atoms with Crippen LogP contribution in [0.4, 0.5) is 8.78 Å². The summed E-state index contributed by atoms with van der Waals surface area (Å²) in [6.07, 6.45) is 0. The van der Waals surface area contributed by atoms with Crippen molar-refractivity contribution in [1.29, 1.82) is 0 Å². The molecule has 0 aliphatic heterocycles. The monoisotopic (exact) mass is 363 g/mol. The molecule has 1 rings (SSSR count). The van der Waals surface area contributed by atoms with Crippen molar-refractivity contribution in [1.82, 2.24) is 15.5 Å². The molecule has 5 nitrogen and oxygen atoms in total. The minimum Gasteiger partial charge on any atom is -0.343 e. The highest BCUT2D eigenvalue weighted by molar-refractivity contribution is 5.98. The third-order valence-corrected chi connectivity index (χ3v) is 3.48. The Morgan fingerprint density at radius 3 is 2.21 bits per heavy atom. The van der Waals surface area contributed by atoms with Crippen LogP contribution in [0.3, 0.4) is 0 Å². The van der Waals surface area contributed by atoms with Gasteiger partial charge in [0.05, 0.1) is 0 Å². The minimum absolute atomic E-state index is 0. The Morgan fingerprint density at radius 1 is 1.21 bits per heavy atom. The molecule has 2 amide bonds. The summed E-state index contributed by atoms with van der Waals surface area (Å²) in [6, 6.07) is 2.33. The third kappa shape index (κ3) is 5.72. The molecule has 1 aromatic carbocycles. The van der Waals surface area contributed by atoms with Crippen LogP contribution in [0.15, 0.2) is 18.2 Å². The number of nitrogens with zero attached hydrogens (tertiary/aromatic N) is 1. The van der Waals surface area contributed by atoms with Crippen LogP contribution < -0.4 is 10.6 Å². The van der Waals surface area contributed by atoms with Crippen molar-refractivity contribution in [2.75, 3.05) is 27.2 Å². The molecule has 0 aliphatic rings. The first-order valence-corrected chi connectivity index (χ1v) is 7.44. The van der Waals surface area contributed by atoms with E-state index in [0.29, 0.717) is 13.1 Å². The number of hydrogen-bond donors (Lipinski definition) is 2. The number of carbonyl (C=O) groups excluding carboxylic acids is 2. The molecule has 1 aromatic rings. The van der Waals surface area contributed by atoms with Gasteiger partial charge >= 0.3 is 0 Å². The van der Waals surface area contributed by atoms with E-state index in [-0.39, 0.29) is 24.2 Å². The van der Waals surface area contributed by atoms with E-state index in [0.717, 1.165) is 12.1 Å². The molecule has 0 heterocycles. The average molecular weight is 364 g/mol. The van der Waals surface area contributed by atoms with E-state index in [1.165, 1.54) is 11.0 Å². The van der Waals surface area contributed by atoms with Gasteiger partial charge < -0.3 is 15.5 Å². The van der Waals surface area contributed by atoms with Gasteiger partial charge in [0.1, 0.15) is 23.2 Å². The van der Waals surface area contributed by atoms with Crippen molar-refractivity contribution in [2.45, 2.75) is 19.9 Å². The number of carbonyl (C=O) groups is 2. The van der Waals surface area contributed by atoms with Gasteiger partial charge in [-0.15, -0.1) is 12.4 Å². The number of nitrogens with one attached hydrogen (secondary N) is 2. The largest absolute Gasteiger partial charge is 0.343 e. The first-order valence-electron chi connectivity index (χ1n) is 7.44. The zero-order valence-electron chi connectivity index (χ0n) is 14.2. The van der Waals surface area contributed by atoms with E-state index in [4.69, 9.17) is 0 Å². The second-order valence-electron chi connectivity index (χ2n) is 5.66. The number of likely N-dealkylation sites (N-methyl/N-ethyl adjacent to an activating group) is 2.